The molecule has 1 aliphatic heterocycles. The predicted octanol–water partition coefficient (Wildman–Crippen LogP) is 0.836. The monoisotopic (exact) mass is 254 g/mol. The van der Waals surface area contributed by atoms with E-state index in [1.807, 2.05) is 0 Å². The molecule has 2 heterocycles. The molecule has 1 saturated heterocycles. The second-order valence-electron chi connectivity index (χ2n) is 4.48. The third-order valence-corrected chi connectivity index (χ3v) is 3.83. The van der Waals surface area contributed by atoms with E-state index in [2.05, 4.69) is 32.8 Å². The normalized spacial score (nSPS) is 18.2. The van der Waals surface area contributed by atoms with Crippen LogP contribution in [0.1, 0.15) is 17.1 Å². The Morgan fingerprint density at radius 1 is 1.47 bits per heavy atom. The first-order valence-corrected chi connectivity index (χ1v) is 7.27. The lowest BCUT2D eigenvalue weighted by Crippen LogP contribution is -2.34. The minimum Gasteiger partial charge on any atom is -0.315 e. The molecule has 0 unspecified atom stereocenters. The third kappa shape index (κ3) is 4.71. The number of nitrogens with zero attached hydrogens (tertiary/aromatic N) is 2. The van der Waals surface area contributed by atoms with Gasteiger partial charge in [-0.25, -0.2) is 4.98 Å². The van der Waals surface area contributed by atoms with Gasteiger partial charge in [-0.2, -0.15) is 0 Å². The summed E-state index contributed by atoms with van der Waals surface area (Å²) in [7, 11) is 0. The van der Waals surface area contributed by atoms with E-state index in [4.69, 9.17) is 0 Å². The zero-order valence-corrected chi connectivity index (χ0v) is 11.4. The number of aromatic nitrogens is 1. The molecule has 0 radical (unpaired) electrons. The molecule has 0 spiro atoms. The van der Waals surface area contributed by atoms with Crippen molar-refractivity contribution < 1.29 is 0 Å². The molecular weight excluding hydrogens is 232 g/mol. The van der Waals surface area contributed by atoms with E-state index in [0.29, 0.717) is 0 Å². The van der Waals surface area contributed by atoms with Crippen LogP contribution in [0.15, 0.2) is 5.38 Å². The number of rotatable bonds is 5. The van der Waals surface area contributed by atoms with Crippen LogP contribution in [0.4, 0.5) is 0 Å². The van der Waals surface area contributed by atoms with Crippen LogP contribution < -0.4 is 10.6 Å². The van der Waals surface area contributed by atoms with E-state index in [9.17, 15) is 0 Å². The molecule has 2 rings (SSSR count). The Morgan fingerprint density at radius 2 is 2.41 bits per heavy atom. The van der Waals surface area contributed by atoms with Crippen LogP contribution in [0.2, 0.25) is 0 Å². The highest BCUT2D eigenvalue weighted by molar-refractivity contribution is 7.09. The van der Waals surface area contributed by atoms with E-state index in [0.717, 1.165) is 31.2 Å². The molecule has 0 aliphatic carbocycles. The molecular formula is C12H22N4S. The second kappa shape index (κ2) is 7.06. The number of hydrogen-bond acceptors (Lipinski definition) is 5. The highest BCUT2D eigenvalue weighted by Crippen LogP contribution is 2.07. The molecule has 96 valence electrons. The highest BCUT2D eigenvalue weighted by Gasteiger charge is 2.07. The van der Waals surface area contributed by atoms with Crippen LogP contribution in [0, 0.1) is 6.92 Å². The summed E-state index contributed by atoms with van der Waals surface area (Å²) in [6, 6.07) is 0. The third-order valence-electron chi connectivity index (χ3n) is 3.01. The van der Waals surface area contributed by atoms with Gasteiger partial charge in [0.1, 0.15) is 0 Å². The second-order valence-corrected chi connectivity index (χ2v) is 5.54. The van der Waals surface area contributed by atoms with Crippen molar-refractivity contribution in [3.63, 3.8) is 0 Å². The minimum atomic E-state index is 0.899. The van der Waals surface area contributed by atoms with Crippen molar-refractivity contribution in [2.75, 3.05) is 39.3 Å². The van der Waals surface area contributed by atoms with Crippen LogP contribution in [-0.4, -0.2) is 49.2 Å². The molecule has 0 saturated carbocycles. The van der Waals surface area contributed by atoms with E-state index < -0.39 is 0 Å². The molecule has 4 nitrogen and oxygen atoms in total. The first-order valence-electron chi connectivity index (χ1n) is 6.39. The van der Waals surface area contributed by atoms with E-state index in [-0.39, 0.29) is 0 Å². The Balaban J connectivity index is 1.59. The van der Waals surface area contributed by atoms with Crippen LogP contribution in [0.3, 0.4) is 0 Å². The average Bonchev–Trinajstić information content (AvgIpc) is 2.59. The Hall–Kier alpha value is -0.490. The molecule has 0 atom stereocenters. The molecule has 1 aromatic rings. The fourth-order valence-corrected chi connectivity index (χ4v) is 2.68. The number of aryl methyl sites for hydroxylation is 1. The summed E-state index contributed by atoms with van der Waals surface area (Å²) < 4.78 is 0. The van der Waals surface area contributed by atoms with E-state index >= 15 is 0 Å². The zero-order valence-electron chi connectivity index (χ0n) is 10.5. The fraction of sp³-hybridized carbons (Fsp3) is 0.750. The van der Waals surface area contributed by atoms with Gasteiger partial charge in [0.25, 0.3) is 0 Å². The van der Waals surface area contributed by atoms with Crippen LogP contribution in [0.5, 0.6) is 0 Å². The quantitative estimate of drug-likeness (QED) is 0.764. The van der Waals surface area contributed by atoms with Gasteiger partial charge < -0.3 is 15.5 Å². The lowest BCUT2D eigenvalue weighted by Gasteiger charge is -2.19. The standard InChI is InChI=1S/C12H22N4S/c1-11-15-12(10-17-11)9-14-5-8-16-6-2-3-13-4-7-16/h10,13-14H,2-9H2,1H3. The number of thiazole rings is 1. The zero-order chi connectivity index (χ0) is 11.9. The molecule has 5 heteroatoms. The van der Waals surface area contributed by atoms with Gasteiger partial charge in [-0.3, -0.25) is 0 Å². The molecule has 0 aromatic carbocycles. The Morgan fingerprint density at radius 3 is 3.24 bits per heavy atom. The summed E-state index contributed by atoms with van der Waals surface area (Å²) in [5, 5.41) is 10.2. The molecule has 0 amide bonds. The van der Waals surface area contributed by atoms with Gasteiger partial charge in [0.05, 0.1) is 10.7 Å². The number of hydrogen-bond donors (Lipinski definition) is 2. The summed E-state index contributed by atoms with van der Waals surface area (Å²) in [4.78, 5) is 6.97. The van der Waals surface area contributed by atoms with Crippen molar-refractivity contribution in [1.82, 2.24) is 20.5 Å². The van der Waals surface area contributed by atoms with Gasteiger partial charge >= 0.3 is 0 Å². The lowest BCUT2D eigenvalue weighted by molar-refractivity contribution is 0.291. The van der Waals surface area contributed by atoms with Crippen LogP contribution in [-0.2, 0) is 6.54 Å². The molecule has 0 bridgehead atoms. The van der Waals surface area contributed by atoms with Crippen molar-refractivity contribution in [3.05, 3.63) is 16.1 Å². The summed E-state index contributed by atoms with van der Waals surface area (Å²) in [5.74, 6) is 0. The predicted molar refractivity (Wildman–Crippen MR) is 72.5 cm³/mol. The van der Waals surface area contributed by atoms with Crippen molar-refractivity contribution in [1.29, 1.82) is 0 Å². The SMILES string of the molecule is Cc1nc(CNCCN2CCCNCC2)cs1. The van der Waals surface area contributed by atoms with Gasteiger partial charge in [0, 0.05) is 38.1 Å². The van der Waals surface area contributed by atoms with E-state index in [1.54, 1.807) is 11.3 Å². The average molecular weight is 254 g/mol. The maximum atomic E-state index is 4.44. The maximum absolute atomic E-state index is 4.44. The van der Waals surface area contributed by atoms with E-state index in [1.165, 1.54) is 31.7 Å². The molecule has 1 aliphatic rings. The van der Waals surface area contributed by atoms with Gasteiger partial charge in [-0.1, -0.05) is 0 Å². The summed E-state index contributed by atoms with van der Waals surface area (Å²) >= 11 is 1.72. The minimum absolute atomic E-state index is 0.899. The van der Waals surface area contributed by atoms with Crippen molar-refractivity contribution in [2.45, 2.75) is 19.9 Å². The topological polar surface area (TPSA) is 40.2 Å². The van der Waals surface area contributed by atoms with Gasteiger partial charge in [-0.15, -0.1) is 11.3 Å². The molecule has 1 aromatic heterocycles. The maximum Gasteiger partial charge on any atom is 0.0897 e. The summed E-state index contributed by atoms with van der Waals surface area (Å²) in [6.07, 6.45) is 1.27. The Bertz CT molecular complexity index is 318. The highest BCUT2D eigenvalue weighted by atomic mass is 32.1. The molecule has 2 N–H and O–H groups in total. The lowest BCUT2D eigenvalue weighted by atomic mass is 10.4. The van der Waals surface area contributed by atoms with Gasteiger partial charge in [0.2, 0.25) is 0 Å². The first-order chi connectivity index (χ1) is 8.34. The van der Waals surface area contributed by atoms with Crippen molar-refractivity contribution >= 4 is 11.3 Å². The molecule has 1 fully saturated rings. The smallest absolute Gasteiger partial charge is 0.0897 e. The number of nitrogens with one attached hydrogen (secondary N) is 2. The van der Waals surface area contributed by atoms with Gasteiger partial charge in [0.15, 0.2) is 0 Å². The summed E-state index contributed by atoms with van der Waals surface area (Å²) in [6.45, 7) is 9.85. The first kappa shape index (κ1) is 13.0. The van der Waals surface area contributed by atoms with Gasteiger partial charge in [-0.05, 0) is 26.4 Å². The largest absolute Gasteiger partial charge is 0.315 e. The fourth-order valence-electron chi connectivity index (χ4n) is 2.07. The Kier molecular flexibility index (Phi) is 5.38. The summed E-state index contributed by atoms with van der Waals surface area (Å²) in [5.41, 5.74) is 1.17. The Labute approximate surface area is 107 Å². The molecule has 17 heavy (non-hydrogen) atoms. The van der Waals surface area contributed by atoms with Crippen molar-refractivity contribution in [3.8, 4) is 0 Å². The van der Waals surface area contributed by atoms with Crippen LogP contribution >= 0.6 is 11.3 Å². The van der Waals surface area contributed by atoms with Crippen molar-refractivity contribution in [2.24, 2.45) is 0 Å². The van der Waals surface area contributed by atoms with Crippen LogP contribution in [0.25, 0.3) is 0 Å².